The van der Waals surface area contributed by atoms with E-state index in [4.69, 9.17) is 0 Å². The van der Waals surface area contributed by atoms with Gasteiger partial charge in [0.2, 0.25) is 0 Å². The van der Waals surface area contributed by atoms with Gasteiger partial charge in [-0.1, -0.05) is 6.92 Å². The molecule has 0 fully saturated rings. The minimum atomic E-state index is 0.0716. The zero-order valence-electron chi connectivity index (χ0n) is 11.7. The van der Waals surface area contributed by atoms with Gasteiger partial charge in [0.15, 0.2) is 0 Å². The molecule has 0 aliphatic heterocycles. The van der Waals surface area contributed by atoms with Crippen LogP contribution in [0.5, 0.6) is 0 Å². The lowest BCUT2D eigenvalue weighted by Gasteiger charge is -2.13. The van der Waals surface area contributed by atoms with Gasteiger partial charge in [0.1, 0.15) is 0 Å². The summed E-state index contributed by atoms with van der Waals surface area (Å²) in [6.07, 6.45) is 12.4. The lowest BCUT2D eigenvalue weighted by molar-refractivity contribution is 0.600. The molecule has 0 spiro atoms. The van der Waals surface area contributed by atoms with E-state index < -0.39 is 0 Å². The van der Waals surface area contributed by atoms with Crippen molar-refractivity contribution in [3.8, 4) is 0 Å². The first-order chi connectivity index (χ1) is 9.83. The van der Waals surface area contributed by atoms with Crippen molar-refractivity contribution in [1.29, 1.82) is 0 Å². The summed E-state index contributed by atoms with van der Waals surface area (Å²) in [7, 11) is 1.95. The first-order valence-corrected chi connectivity index (χ1v) is 6.80. The minimum absolute atomic E-state index is 0.0716. The monoisotopic (exact) mass is 270 g/mol. The Bertz CT molecular complexity index is 698. The number of hydrogen-bond donors (Lipinski definition) is 1. The van der Waals surface area contributed by atoms with Gasteiger partial charge in [-0.05, 0) is 13.5 Å². The van der Waals surface area contributed by atoms with E-state index >= 15 is 0 Å². The van der Waals surface area contributed by atoms with Gasteiger partial charge in [-0.3, -0.25) is 9.67 Å². The number of fused-ring (bicyclic) bond motifs is 1. The van der Waals surface area contributed by atoms with Crippen LogP contribution in [0.4, 0.5) is 0 Å². The van der Waals surface area contributed by atoms with Crippen LogP contribution in [0.3, 0.4) is 0 Å². The standard InChI is InChI=1S/C14H18N6/c1-3-5-19-10-11(7-17-19)14(15-2)12-8-18-20-6-4-16-9-13(12)20/h4,6-10,14-15H,3,5H2,1-2H3. The second-order valence-electron chi connectivity index (χ2n) is 4.76. The summed E-state index contributed by atoms with van der Waals surface area (Å²) in [6.45, 7) is 3.08. The van der Waals surface area contributed by atoms with Crippen LogP contribution >= 0.6 is 0 Å². The molecule has 6 heteroatoms. The average molecular weight is 270 g/mol. The van der Waals surface area contributed by atoms with Crippen molar-refractivity contribution < 1.29 is 0 Å². The first-order valence-electron chi connectivity index (χ1n) is 6.80. The quantitative estimate of drug-likeness (QED) is 0.765. The highest BCUT2D eigenvalue weighted by molar-refractivity contribution is 5.55. The molecule has 1 atom stereocenters. The molecule has 0 bridgehead atoms. The third kappa shape index (κ3) is 2.18. The number of nitrogens with zero attached hydrogens (tertiary/aromatic N) is 5. The molecule has 0 radical (unpaired) electrons. The van der Waals surface area contributed by atoms with Gasteiger partial charge in [0, 0.05) is 36.3 Å². The summed E-state index contributed by atoms with van der Waals surface area (Å²) in [4.78, 5) is 4.18. The molecule has 3 rings (SSSR count). The molecule has 1 N–H and O–H groups in total. The summed E-state index contributed by atoms with van der Waals surface area (Å²) in [5, 5.41) is 12.1. The molecule has 3 aromatic rings. The molecule has 1 unspecified atom stereocenters. The molecule has 0 aliphatic rings. The highest BCUT2D eigenvalue weighted by Gasteiger charge is 2.18. The fourth-order valence-electron chi connectivity index (χ4n) is 2.46. The molecular formula is C14H18N6. The minimum Gasteiger partial charge on any atom is -0.309 e. The molecule has 3 aromatic heterocycles. The van der Waals surface area contributed by atoms with Gasteiger partial charge in [-0.2, -0.15) is 10.2 Å². The maximum absolute atomic E-state index is 4.40. The van der Waals surface area contributed by atoms with Crippen LogP contribution in [0.1, 0.15) is 30.5 Å². The SMILES string of the molecule is CCCn1cc(C(NC)c2cnn3ccncc23)cn1. The van der Waals surface area contributed by atoms with Gasteiger partial charge in [0.05, 0.1) is 30.1 Å². The second-order valence-corrected chi connectivity index (χ2v) is 4.76. The Morgan fingerprint density at radius 2 is 2.15 bits per heavy atom. The Balaban J connectivity index is 2.00. The fraction of sp³-hybridized carbons (Fsp3) is 0.357. The molecular weight excluding hydrogens is 252 g/mol. The smallest absolute Gasteiger partial charge is 0.0896 e. The Labute approximate surface area is 117 Å². The lowest BCUT2D eigenvalue weighted by atomic mass is 10.0. The molecule has 0 aliphatic carbocycles. The van der Waals surface area contributed by atoms with E-state index in [0.717, 1.165) is 29.6 Å². The van der Waals surface area contributed by atoms with E-state index in [0.29, 0.717) is 0 Å². The van der Waals surface area contributed by atoms with Crippen LogP contribution in [0.2, 0.25) is 0 Å². The zero-order chi connectivity index (χ0) is 13.9. The van der Waals surface area contributed by atoms with Crippen LogP contribution in [0.25, 0.3) is 5.52 Å². The molecule has 0 saturated heterocycles. The van der Waals surface area contributed by atoms with E-state index in [-0.39, 0.29) is 6.04 Å². The summed E-state index contributed by atoms with van der Waals surface area (Å²) in [6, 6.07) is 0.0716. The summed E-state index contributed by atoms with van der Waals surface area (Å²) >= 11 is 0. The normalized spacial score (nSPS) is 12.9. The van der Waals surface area contributed by atoms with Crippen LogP contribution in [-0.4, -0.2) is 31.4 Å². The number of aromatic nitrogens is 5. The summed E-state index contributed by atoms with van der Waals surface area (Å²) in [5.41, 5.74) is 3.26. The van der Waals surface area contributed by atoms with E-state index in [2.05, 4.69) is 33.6 Å². The van der Waals surface area contributed by atoms with Crippen molar-refractivity contribution in [2.45, 2.75) is 25.9 Å². The molecule has 6 nitrogen and oxygen atoms in total. The Hall–Kier alpha value is -2.21. The highest BCUT2D eigenvalue weighted by Crippen LogP contribution is 2.24. The van der Waals surface area contributed by atoms with Crippen molar-refractivity contribution in [3.63, 3.8) is 0 Å². The maximum Gasteiger partial charge on any atom is 0.0896 e. The van der Waals surface area contributed by atoms with Crippen molar-refractivity contribution in [3.05, 3.63) is 48.3 Å². The van der Waals surface area contributed by atoms with Crippen LogP contribution in [0, 0.1) is 0 Å². The molecule has 104 valence electrons. The number of aryl methyl sites for hydroxylation is 1. The zero-order valence-corrected chi connectivity index (χ0v) is 11.7. The van der Waals surface area contributed by atoms with Gasteiger partial charge in [-0.25, -0.2) is 4.52 Å². The largest absolute Gasteiger partial charge is 0.309 e. The van der Waals surface area contributed by atoms with Gasteiger partial charge in [0.25, 0.3) is 0 Å². The van der Waals surface area contributed by atoms with Crippen LogP contribution < -0.4 is 5.32 Å². The second kappa shape index (κ2) is 5.42. The van der Waals surface area contributed by atoms with Crippen molar-refractivity contribution in [2.75, 3.05) is 7.05 Å². The predicted molar refractivity (Wildman–Crippen MR) is 76.4 cm³/mol. The molecule has 20 heavy (non-hydrogen) atoms. The molecule has 3 heterocycles. The van der Waals surface area contributed by atoms with Crippen molar-refractivity contribution in [1.82, 2.24) is 29.7 Å². The Kier molecular flexibility index (Phi) is 3.47. The van der Waals surface area contributed by atoms with Gasteiger partial charge < -0.3 is 5.32 Å². The molecule has 0 amide bonds. The number of nitrogens with one attached hydrogen (secondary N) is 1. The van der Waals surface area contributed by atoms with Gasteiger partial charge >= 0.3 is 0 Å². The fourth-order valence-corrected chi connectivity index (χ4v) is 2.46. The average Bonchev–Trinajstić information content (AvgIpc) is 3.09. The summed E-state index contributed by atoms with van der Waals surface area (Å²) in [5.74, 6) is 0. The first kappa shape index (κ1) is 12.8. The predicted octanol–water partition coefficient (Wildman–Crippen LogP) is 1.64. The van der Waals surface area contributed by atoms with E-state index in [1.54, 1.807) is 6.20 Å². The van der Waals surface area contributed by atoms with E-state index in [9.17, 15) is 0 Å². The van der Waals surface area contributed by atoms with Gasteiger partial charge in [-0.15, -0.1) is 0 Å². The highest BCUT2D eigenvalue weighted by atomic mass is 15.3. The topological polar surface area (TPSA) is 60.0 Å². The van der Waals surface area contributed by atoms with E-state index in [1.165, 1.54) is 0 Å². The van der Waals surface area contributed by atoms with E-state index in [1.807, 2.05) is 41.0 Å². The summed E-state index contributed by atoms with van der Waals surface area (Å²) < 4.78 is 3.81. The molecule has 0 saturated carbocycles. The Morgan fingerprint density at radius 3 is 2.95 bits per heavy atom. The maximum atomic E-state index is 4.40. The third-order valence-electron chi connectivity index (χ3n) is 3.39. The number of hydrogen-bond acceptors (Lipinski definition) is 4. The van der Waals surface area contributed by atoms with Crippen molar-refractivity contribution >= 4 is 5.52 Å². The Morgan fingerprint density at radius 1 is 1.25 bits per heavy atom. The van der Waals surface area contributed by atoms with Crippen molar-refractivity contribution in [2.24, 2.45) is 0 Å². The third-order valence-corrected chi connectivity index (χ3v) is 3.39. The van der Waals surface area contributed by atoms with Crippen LogP contribution in [0.15, 0.2) is 37.2 Å². The lowest BCUT2D eigenvalue weighted by Crippen LogP contribution is -2.17. The number of rotatable bonds is 5. The van der Waals surface area contributed by atoms with Crippen LogP contribution in [-0.2, 0) is 6.54 Å². The molecule has 0 aromatic carbocycles.